The maximum Gasteiger partial charge on any atom is 0.416 e. The van der Waals surface area contributed by atoms with Crippen LogP contribution in [0.1, 0.15) is 24.0 Å². The van der Waals surface area contributed by atoms with Crippen LogP contribution in [0.3, 0.4) is 0 Å². The molecule has 1 aliphatic rings. The molecule has 0 saturated heterocycles. The summed E-state index contributed by atoms with van der Waals surface area (Å²) in [7, 11) is 0. The highest BCUT2D eigenvalue weighted by atomic mass is 19.4. The van der Waals surface area contributed by atoms with Crippen LogP contribution in [0.4, 0.5) is 19.0 Å². The minimum Gasteiger partial charge on any atom is -0.507 e. The van der Waals surface area contributed by atoms with Gasteiger partial charge in [-0.15, -0.1) is 10.2 Å². The topological polar surface area (TPSA) is 98.5 Å². The molecular formula is C17H18F3N3O3. The molecule has 1 saturated carbocycles. The molecule has 2 aromatic rings. The normalized spacial score (nSPS) is 23.2. The van der Waals surface area contributed by atoms with Gasteiger partial charge in [-0.3, -0.25) is 0 Å². The van der Waals surface area contributed by atoms with E-state index in [0.717, 1.165) is 6.07 Å². The number of aliphatic hydroxyl groups excluding tert-OH is 2. The Bertz CT molecular complexity index is 773. The van der Waals surface area contributed by atoms with E-state index in [9.17, 15) is 28.5 Å². The Labute approximate surface area is 147 Å². The molecule has 6 nitrogen and oxygen atoms in total. The Hall–Kier alpha value is -2.39. The van der Waals surface area contributed by atoms with Crippen LogP contribution < -0.4 is 5.32 Å². The number of aryl methyl sites for hydroxylation is 1. The number of hydrogen-bond donors (Lipinski definition) is 4. The molecule has 0 aliphatic heterocycles. The summed E-state index contributed by atoms with van der Waals surface area (Å²) in [5, 5.41) is 40.2. The van der Waals surface area contributed by atoms with Crippen LogP contribution in [0.5, 0.6) is 5.75 Å². The number of hydrogen-bond acceptors (Lipinski definition) is 6. The smallest absolute Gasteiger partial charge is 0.416 e. The zero-order valence-corrected chi connectivity index (χ0v) is 13.8. The molecule has 0 unspecified atom stereocenters. The summed E-state index contributed by atoms with van der Waals surface area (Å²) in [6, 6.07) is 4.32. The second-order valence-corrected chi connectivity index (χ2v) is 6.37. The number of alkyl halides is 3. The van der Waals surface area contributed by atoms with Crippen molar-refractivity contribution in [3.8, 4) is 17.0 Å². The fraction of sp³-hybridized carbons (Fsp3) is 0.412. The molecule has 26 heavy (non-hydrogen) atoms. The first kappa shape index (κ1) is 18.4. The minimum atomic E-state index is -4.55. The Balaban J connectivity index is 1.83. The van der Waals surface area contributed by atoms with Crippen LogP contribution in [-0.4, -0.2) is 43.8 Å². The molecule has 9 heteroatoms. The van der Waals surface area contributed by atoms with Crippen molar-refractivity contribution in [1.29, 1.82) is 0 Å². The quantitative estimate of drug-likeness (QED) is 0.664. The van der Waals surface area contributed by atoms with Gasteiger partial charge in [-0.1, -0.05) is 0 Å². The molecule has 4 N–H and O–H groups in total. The lowest BCUT2D eigenvalue weighted by molar-refractivity contribution is -0.137. The van der Waals surface area contributed by atoms with Crippen LogP contribution in [0.2, 0.25) is 0 Å². The summed E-state index contributed by atoms with van der Waals surface area (Å²) >= 11 is 0. The average Bonchev–Trinajstić information content (AvgIpc) is 2.87. The van der Waals surface area contributed by atoms with Gasteiger partial charge >= 0.3 is 6.18 Å². The predicted octanol–water partition coefficient (Wildman–Crippen LogP) is 2.47. The van der Waals surface area contributed by atoms with E-state index in [1.807, 2.05) is 0 Å². The third kappa shape index (κ3) is 3.58. The Kier molecular flexibility index (Phi) is 4.76. The van der Waals surface area contributed by atoms with Gasteiger partial charge in [0.05, 0.1) is 29.5 Å². The van der Waals surface area contributed by atoms with Gasteiger partial charge in [0.15, 0.2) is 0 Å². The molecule has 1 heterocycles. The summed E-state index contributed by atoms with van der Waals surface area (Å²) in [6.45, 7) is 1.45. The third-order valence-corrected chi connectivity index (χ3v) is 4.48. The molecule has 0 radical (unpaired) electrons. The van der Waals surface area contributed by atoms with Crippen molar-refractivity contribution < 1.29 is 28.5 Å². The van der Waals surface area contributed by atoms with Crippen molar-refractivity contribution in [2.45, 2.75) is 44.2 Å². The number of aromatic nitrogens is 2. The van der Waals surface area contributed by atoms with E-state index >= 15 is 0 Å². The zero-order valence-electron chi connectivity index (χ0n) is 13.8. The zero-order chi connectivity index (χ0) is 19.1. The SMILES string of the molecule is Cc1cc(C(F)(F)F)cc(O)c1-c1ccc(N[C@H]2CC[C@H](O)[C@H]2O)nn1. The molecule has 140 valence electrons. The minimum absolute atomic E-state index is 0.174. The van der Waals surface area contributed by atoms with Crippen molar-refractivity contribution in [3.63, 3.8) is 0 Å². The number of anilines is 1. The van der Waals surface area contributed by atoms with E-state index in [4.69, 9.17) is 0 Å². The summed E-state index contributed by atoms with van der Waals surface area (Å²) in [4.78, 5) is 0. The molecule has 1 fully saturated rings. The fourth-order valence-corrected chi connectivity index (χ4v) is 3.12. The molecule has 0 bridgehead atoms. The highest BCUT2D eigenvalue weighted by Gasteiger charge is 2.34. The van der Waals surface area contributed by atoms with Crippen molar-refractivity contribution >= 4 is 5.82 Å². The van der Waals surface area contributed by atoms with Crippen molar-refractivity contribution in [2.24, 2.45) is 0 Å². The van der Waals surface area contributed by atoms with Gasteiger partial charge in [0, 0.05) is 5.56 Å². The lowest BCUT2D eigenvalue weighted by Gasteiger charge is -2.18. The number of nitrogens with zero attached hydrogens (tertiary/aromatic N) is 2. The maximum absolute atomic E-state index is 12.8. The summed E-state index contributed by atoms with van der Waals surface area (Å²) in [5.41, 5.74) is -0.308. The molecule has 3 rings (SSSR count). The maximum atomic E-state index is 12.8. The van der Waals surface area contributed by atoms with Crippen LogP contribution in [0, 0.1) is 6.92 Å². The first-order valence-corrected chi connectivity index (χ1v) is 8.04. The van der Waals surface area contributed by atoms with Crippen molar-refractivity contribution in [3.05, 3.63) is 35.4 Å². The second-order valence-electron chi connectivity index (χ2n) is 6.37. The fourth-order valence-electron chi connectivity index (χ4n) is 3.12. The van der Waals surface area contributed by atoms with Crippen LogP contribution in [0.15, 0.2) is 24.3 Å². The van der Waals surface area contributed by atoms with Gasteiger partial charge in [-0.25, -0.2) is 0 Å². The molecule has 0 spiro atoms. The van der Waals surface area contributed by atoms with E-state index in [1.54, 1.807) is 6.07 Å². The Morgan fingerprint density at radius 2 is 1.85 bits per heavy atom. The predicted molar refractivity (Wildman–Crippen MR) is 87.5 cm³/mol. The lowest BCUT2D eigenvalue weighted by atomic mass is 10.0. The number of nitrogens with one attached hydrogen (secondary N) is 1. The van der Waals surface area contributed by atoms with Gasteiger partial charge in [0.2, 0.25) is 0 Å². The average molecular weight is 369 g/mol. The number of phenolic OH excluding ortho intramolecular Hbond substituents is 1. The van der Waals surface area contributed by atoms with E-state index in [2.05, 4.69) is 15.5 Å². The van der Waals surface area contributed by atoms with E-state index < -0.39 is 29.7 Å². The summed E-state index contributed by atoms with van der Waals surface area (Å²) in [5.74, 6) is -0.169. The van der Waals surface area contributed by atoms with E-state index in [1.165, 1.54) is 13.0 Å². The van der Waals surface area contributed by atoms with Crippen LogP contribution in [0.25, 0.3) is 11.3 Å². The van der Waals surface area contributed by atoms with Gasteiger partial charge in [0.25, 0.3) is 0 Å². The standard InChI is InChI=1S/C17H18F3N3O3/c1-8-6-9(17(18,19)20)7-13(25)15(8)10-3-5-14(23-22-10)21-11-2-4-12(24)16(11)26/h3,5-7,11-12,16,24-26H,2,4H2,1H3,(H,21,23)/t11-,12-,16-/m0/s1. The molecule has 1 aromatic heterocycles. The number of benzene rings is 1. The van der Waals surface area contributed by atoms with Crippen molar-refractivity contribution in [2.75, 3.05) is 5.32 Å². The van der Waals surface area contributed by atoms with Gasteiger partial charge in [-0.2, -0.15) is 13.2 Å². The van der Waals surface area contributed by atoms with E-state index in [0.29, 0.717) is 24.7 Å². The monoisotopic (exact) mass is 369 g/mol. The molecular weight excluding hydrogens is 351 g/mol. The highest BCUT2D eigenvalue weighted by molar-refractivity contribution is 5.71. The third-order valence-electron chi connectivity index (χ3n) is 4.48. The summed E-state index contributed by atoms with van der Waals surface area (Å²) < 4.78 is 38.4. The molecule has 0 amide bonds. The number of aromatic hydroxyl groups is 1. The molecule has 3 atom stereocenters. The molecule has 1 aromatic carbocycles. The summed E-state index contributed by atoms with van der Waals surface area (Å²) in [6.07, 6.45) is -5.19. The Morgan fingerprint density at radius 1 is 1.12 bits per heavy atom. The van der Waals surface area contributed by atoms with Crippen molar-refractivity contribution in [1.82, 2.24) is 10.2 Å². The Morgan fingerprint density at radius 3 is 2.35 bits per heavy atom. The van der Waals surface area contributed by atoms with Gasteiger partial charge < -0.3 is 20.6 Å². The second kappa shape index (κ2) is 6.73. The number of rotatable bonds is 3. The number of halogens is 3. The highest BCUT2D eigenvalue weighted by Crippen LogP contribution is 2.38. The lowest BCUT2D eigenvalue weighted by Crippen LogP contribution is -2.34. The first-order valence-electron chi connectivity index (χ1n) is 8.04. The van der Waals surface area contributed by atoms with Gasteiger partial charge in [-0.05, 0) is 49.6 Å². The van der Waals surface area contributed by atoms with Gasteiger partial charge in [0.1, 0.15) is 11.6 Å². The number of aliphatic hydroxyl groups is 2. The first-order chi connectivity index (χ1) is 12.2. The van der Waals surface area contributed by atoms with E-state index in [-0.39, 0.29) is 22.9 Å². The van der Waals surface area contributed by atoms with Crippen LogP contribution >= 0.6 is 0 Å². The molecule has 1 aliphatic carbocycles. The number of phenols is 1. The van der Waals surface area contributed by atoms with Crippen LogP contribution in [-0.2, 0) is 6.18 Å². The largest absolute Gasteiger partial charge is 0.507 e.